The molecule has 0 aromatic heterocycles. The van der Waals surface area contributed by atoms with Crippen molar-refractivity contribution in [1.29, 1.82) is 0 Å². The van der Waals surface area contributed by atoms with Gasteiger partial charge in [-0.1, -0.05) is 0 Å². The summed E-state index contributed by atoms with van der Waals surface area (Å²) in [6.07, 6.45) is -5.04. The van der Waals surface area contributed by atoms with Gasteiger partial charge in [0.15, 0.2) is 5.69 Å². The number of benzene rings is 2. The zero-order valence-corrected chi connectivity index (χ0v) is 13.7. The Kier molecular flexibility index (Phi) is 5.06. The number of nitrogens with two attached hydrogens (primary N) is 1. The van der Waals surface area contributed by atoms with E-state index < -0.39 is 48.7 Å². The van der Waals surface area contributed by atoms with Gasteiger partial charge in [-0.05, 0) is 24.3 Å². The predicted molar refractivity (Wildman–Crippen MR) is 85.9 cm³/mol. The number of halogens is 3. The van der Waals surface area contributed by atoms with Gasteiger partial charge in [0.1, 0.15) is 0 Å². The monoisotopic (exact) mass is 406 g/mol. The second kappa shape index (κ2) is 6.81. The molecule has 0 aliphatic heterocycles. The Bertz CT molecular complexity index is 986. The number of rotatable bonds is 5. The first kappa shape index (κ1) is 20.1. The number of nitrogens with one attached hydrogen (secondary N) is 1. The lowest BCUT2D eigenvalue weighted by atomic mass is 10.1. The van der Waals surface area contributed by atoms with Crippen molar-refractivity contribution < 1.29 is 31.4 Å². The fourth-order valence-corrected chi connectivity index (χ4v) is 2.58. The van der Waals surface area contributed by atoms with Crippen LogP contribution in [0.15, 0.2) is 41.3 Å². The van der Waals surface area contributed by atoms with E-state index in [1.54, 1.807) is 0 Å². The Hall–Kier alpha value is -3.26. The third kappa shape index (κ3) is 4.48. The first-order valence-corrected chi connectivity index (χ1v) is 8.29. The SMILES string of the molecule is NS(=O)(=O)c1ccc(Nc2c([N+](=O)[O-])cc(C(F)(F)F)cc2[N+](=O)[O-])cc1. The molecule has 2 rings (SSSR count). The van der Waals surface area contributed by atoms with Gasteiger partial charge in [0.25, 0.3) is 11.4 Å². The molecule has 0 bridgehead atoms. The molecule has 0 unspecified atom stereocenters. The molecule has 0 spiro atoms. The molecule has 10 nitrogen and oxygen atoms in total. The molecule has 0 atom stereocenters. The average Bonchev–Trinajstić information content (AvgIpc) is 2.53. The Labute approximate surface area is 148 Å². The van der Waals surface area contributed by atoms with Gasteiger partial charge >= 0.3 is 6.18 Å². The van der Waals surface area contributed by atoms with E-state index in [9.17, 15) is 41.8 Å². The van der Waals surface area contributed by atoms with Gasteiger partial charge in [0, 0.05) is 17.8 Å². The number of nitro benzene ring substituents is 2. The Morgan fingerprint density at radius 3 is 1.74 bits per heavy atom. The minimum atomic E-state index is -5.04. The molecule has 27 heavy (non-hydrogen) atoms. The zero-order valence-electron chi connectivity index (χ0n) is 12.9. The number of primary sulfonamides is 1. The molecule has 0 fully saturated rings. The van der Waals surface area contributed by atoms with Crippen molar-refractivity contribution in [2.24, 2.45) is 5.14 Å². The molecular formula is C13H9F3N4O6S. The van der Waals surface area contributed by atoms with Crippen molar-refractivity contribution in [1.82, 2.24) is 0 Å². The minimum absolute atomic E-state index is 0.0478. The number of alkyl halides is 3. The summed E-state index contributed by atoms with van der Waals surface area (Å²) in [6, 6.07) is 4.52. The smallest absolute Gasteiger partial charge is 0.344 e. The Morgan fingerprint density at radius 1 is 0.963 bits per heavy atom. The van der Waals surface area contributed by atoms with Crippen LogP contribution in [0.5, 0.6) is 0 Å². The summed E-state index contributed by atoms with van der Waals surface area (Å²) < 4.78 is 61.0. The van der Waals surface area contributed by atoms with Crippen molar-refractivity contribution in [3.63, 3.8) is 0 Å². The van der Waals surface area contributed by atoms with Crippen LogP contribution < -0.4 is 10.5 Å². The summed E-state index contributed by atoms with van der Waals surface area (Å²) in [5, 5.41) is 29.4. The second-order valence-electron chi connectivity index (χ2n) is 5.10. The quantitative estimate of drug-likeness (QED) is 0.570. The normalized spacial score (nSPS) is 11.9. The average molecular weight is 406 g/mol. The Balaban J connectivity index is 2.61. The number of sulfonamides is 1. The van der Waals surface area contributed by atoms with E-state index in [1.165, 1.54) is 0 Å². The number of hydrogen-bond donors (Lipinski definition) is 2. The lowest BCUT2D eigenvalue weighted by molar-refractivity contribution is -0.392. The highest BCUT2D eigenvalue weighted by Crippen LogP contribution is 2.42. The van der Waals surface area contributed by atoms with Crippen LogP contribution in [0.4, 0.5) is 35.9 Å². The molecule has 0 saturated carbocycles. The highest BCUT2D eigenvalue weighted by atomic mass is 32.2. The van der Waals surface area contributed by atoms with E-state index >= 15 is 0 Å². The highest BCUT2D eigenvalue weighted by molar-refractivity contribution is 7.89. The molecule has 0 radical (unpaired) electrons. The van der Waals surface area contributed by atoms with Crippen LogP contribution in [-0.4, -0.2) is 18.3 Å². The molecule has 14 heteroatoms. The fourth-order valence-electron chi connectivity index (χ4n) is 2.06. The van der Waals surface area contributed by atoms with Crippen LogP contribution in [0.2, 0.25) is 0 Å². The molecule has 0 saturated heterocycles. The first-order chi connectivity index (χ1) is 12.3. The largest absolute Gasteiger partial charge is 0.416 e. The number of nitro groups is 2. The standard InChI is InChI=1S/C13H9F3N4O6S/c14-13(15,16)7-5-10(19(21)22)12(11(6-7)20(23)24)18-8-1-3-9(4-2-8)27(17,25)26/h1-6,18H,(H2,17,25,26). The third-order valence-corrected chi connectivity index (χ3v) is 4.20. The summed E-state index contributed by atoms with van der Waals surface area (Å²) >= 11 is 0. The predicted octanol–water partition coefficient (Wildman–Crippen LogP) is 2.91. The van der Waals surface area contributed by atoms with E-state index in [0.29, 0.717) is 0 Å². The molecule has 144 valence electrons. The zero-order chi connectivity index (χ0) is 20.6. The van der Waals surface area contributed by atoms with Crippen LogP contribution in [-0.2, 0) is 16.2 Å². The topological polar surface area (TPSA) is 158 Å². The summed E-state index contributed by atoms with van der Waals surface area (Å²) in [4.78, 5) is 19.6. The molecule has 0 amide bonds. The van der Waals surface area contributed by atoms with E-state index in [0.717, 1.165) is 24.3 Å². The molecule has 0 aliphatic carbocycles. The number of hydrogen-bond acceptors (Lipinski definition) is 7. The molecule has 0 heterocycles. The maximum absolute atomic E-state index is 12.9. The van der Waals surface area contributed by atoms with E-state index in [2.05, 4.69) is 5.32 Å². The van der Waals surface area contributed by atoms with Gasteiger partial charge < -0.3 is 5.32 Å². The van der Waals surface area contributed by atoms with Crippen molar-refractivity contribution in [3.8, 4) is 0 Å². The van der Waals surface area contributed by atoms with Gasteiger partial charge in [0.05, 0.1) is 20.3 Å². The Morgan fingerprint density at radius 2 is 1.41 bits per heavy atom. The van der Waals surface area contributed by atoms with Gasteiger partial charge in [0.2, 0.25) is 10.0 Å². The number of nitrogens with zero attached hydrogens (tertiary/aromatic N) is 2. The fraction of sp³-hybridized carbons (Fsp3) is 0.0769. The highest BCUT2D eigenvalue weighted by Gasteiger charge is 2.37. The molecule has 2 aromatic carbocycles. The van der Waals surface area contributed by atoms with Gasteiger partial charge in [-0.2, -0.15) is 13.2 Å². The summed E-state index contributed by atoms with van der Waals surface area (Å²) in [6.45, 7) is 0. The van der Waals surface area contributed by atoms with Crippen LogP contribution in [0, 0.1) is 20.2 Å². The van der Waals surface area contributed by atoms with E-state index in [-0.39, 0.29) is 22.7 Å². The van der Waals surface area contributed by atoms with E-state index in [1.807, 2.05) is 0 Å². The second-order valence-corrected chi connectivity index (χ2v) is 6.66. The van der Waals surface area contributed by atoms with Crippen LogP contribution in [0.3, 0.4) is 0 Å². The van der Waals surface area contributed by atoms with Gasteiger partial charge in [-0.3, -0.25) is 20.2 Å². The molecule has 3 N–H and O–H groups in total. The minimum Gasteiger partial charge on any atom is -0.344 e. The van der Waals surface area contributed by atoms with Gasteiger partial charge in [-0.15, -0.1) is 0 Å². The van der Waals surface area contributed by atoms with Crippen LogP contribution in [0.1, 0.15) is 5.56 Å². The van der Waals surface area contributed by atoms with Gasteiger partial charge in [-0.25, -0.2) is 13.6 Å². The maximum atomic E-state index is 12.9. The van der Waals surface area contributed by atoms with Crippen molar-refractivity contribution in [2.75, 3.05) is 5.32 Å². The number of anilines is 2. The summed E-state index contributed by atoms with van der Waals surface area (Å²) in [7, 11) is -4.03. The molecular weight excluding hydrogens is 397 g/mol. The third-order valence-electron chi connectivity index (χ3n) is 3.27. The lowest BCUT2D eigenvalue weighted by Crippen LogP contribution is -2.12. The maximum Gasteiger partial charge on any atom is 0.416 e. The van der Waals surface area contributed by atoms with Crippen molar-refractivity contribution in [3.05, 3.63) is 62.2 Å². The lowest BCUT2D eigenvalue weighted by Gasteiger charge is -2.11. The van der Waals surface area contributed by atoms with Crippen LogP contribution in [0.25, 0.3) is 0 Å². The molecule has 2 aromatic rings. The first-order valence-electron chi connectivity index (χ1n) is 6.74. The summed E-state index contributed by atoms with van der Waals surface area (Å²) in [5.41, 5.74) is -4.75. The molecule has 0 aliphatic rings. The van der Waals surface area contributed by atoms with Crippen molar-refractivity contribution >= 4 is 32.8 Å². The van der Waals surface area contributed by atoms with E-state index in [4.69, 9.17) is 5.14 Å². The van der Waals surface area contributed by atoms with Crippen LogP contribution >= 0.6 is 0 Å². The summed E-state index contributed by atoms with van der Waals surface area (Å²) in [5.74, 6) is 0. The van der Waals surface area contributed by atoms with Crippen molar-refractivity contribution in [2.45, 2.75) is 11.1 Å².